The number of hydrogen-bond donors (Lipinski definition) is 1. The van der Waals surface area contributed by atoms with Crippen molar-refractivity contribution >= 4 is 37.5 Å². The molecule has 0 heterocycles. The van der Waals surface area contributed by atoms with E-state index in [9.17, 15) is 0 Å². The van der Waals surface area contributed by atoms with Crippen LogP contribution in [0, 0.1) is 0 Å². The highest BCUT2D eigenvalue weighted by Crippen LogP contribution is 2.31. The summed E-state index contributed by atoms with van der Waals surface area (Å²) in [5.41, 5.74) is 2.20. The second kappa shape index (κ2) is 6.96. The predicted octanol–water partition coefficient (Wildman–Crippen LogP) is 5.22. The van der Waals surface area contributed by atoms with Gasteiger partial charge in [0.15, 0.2) is 0 Å². The number of nitrogens with one attached hydrogen (secondary N) is 1. The Balaban J connectivity index is 2.15. The Bertz CT molecular complexity index is 537. The van der Waals surface area contributed by atoms with E-state index in [2.05, 4.69) is 43.2 Å². The Morgan fingerprint density at radius 2 is 1.68 bits per heavy atom. The molecule has 0 saturated heterocycles. The van der Waals surface area contributed by atoms with Crippen LogP contribution in [-0.4, -0.2) is 6.61 Å². The zero-order valence-corrected chi connectivity index (χ0v) is 13.8. The van der Waals surface area contributed by atoms with Crippen LogP contribution in [0.15, 0.2) is 51.4 Å². The normalized spacial score (nSPS) is 10.3. The van der Waals surface area contributed by atoms with E-state index in [0.29, 0.717) is 6.61 Å². The molecule has 1 N–H and O–H groups in total. The molecule has 0 aliphatic carbocycles. The highest BCUT2D eigenvalue weighted by molar-refractivity contribution is 9.11. The lowest BCUT2D eigenvalue weighted by Gasteiger charge is -2.13. The summed E-state index contributed by atoms with van der Waals surface area (Å²) in [5, 5.41) is 3.42. The van der Waals surface area contributed by atoms with Crippen molar-refractivity contribution in [1.82, 2.24) is 0 Å². The van der Waals surface area contributed by atoms with E-state index in [1.54, 1.807) is 0 Å². The molecule has 0 unspecified atom stereocenters. The molecule has 19 heavy (non-hydrogen) atoms. The molecule has 0 amide bonds. The predicted molar refractivity (Wildman–Crippen MR) is 86.8 cm³/mol. The van der Waals surface area contributed by atoms with Gasteiger partial charge in [0, 0.05) is 21.1 Å². The SMILES string of the molecule is CCOc1ccccc1CNc1c(Br)cccc1Br. The van der Waals surface area contributed by atoms with Crippen LogP contribution in [0.3, 0.4) is 0 Å². The van der Waals surface area contributed by atoms with Crippen LogP contribution in [-0.2, 0) is 6.54 Å². The van der Waals surface area contributed by atoms with Gasteiger partial charge >= 0.3 is 0 Å². The van der Waals surface area contributed by atoms with Crippen molar-refractivity contribution in [2.45, 2.75) is 13.5 Å². The minimum absolute atomic E-state index is 0.676. The summed E-state index contributed by atoms with van der Waals surface area (Å²) < 4.78 is 7.70. The van der Waals surface area contributed by atoms with Crippen molar-refractivity contribution in [2.24, 2.45) is 0 Å². The van der Waals surface area contributed by atoms with Crippen LogP contribution in [0.4, 0.5) is 5.69 Å². The summed E-state index contributed by atoms with van der Waals surface area (Å²) in [6.45, 7) is 3.39. The number of ether oxygens (including phenoxy) is 1. The van der Waals surface area contributed by atoms with E-state index in [1.807, 2.05) is 43.3 Å². The summed E-state index contributed by atoms with van der Waals surface area (Å²) in [7, 11) is 0. The molecule has 0 saturated carbocycles. The molecule has 4 heteroatoms. The van der Waals surface area contributed by atoms with E-state index < -0.39 is 0 Å². The monoisotopic (exact) mass is 383 g/mol. The average Bonchev–Trinajstić information content (AvgIpc) is 2.40. The standard InChI is InChI=1S/C15H15Br2NO/c1-2-19-14-9-4-3-6-11(14)10-18-15-12(16)7-5-8-13(15)17/h3-9,18H,2,10H2,1H3. The van der Waals surface area contributed by atoms with Crippen molar-refractivity contribution < 1.29 is 4.74 Å². The number of para-hydroxylation sites is 2. The first kappa shape index (κ1) is 14.4. The zero-order valence-electron chi connectivity index (χ0n) is 10.6. The van der Waals surface area contributed by atoms with Gasteiger partial charge in [0.05, 0.1) is 12.3 Å². The Morgan fingerprint density at radius 1 is 1.00 bits per heavy atom. The Hall–Kier alpha value is -1.000. The Labute approximate surface area is 130 Å². The maximum atomic E-state index is 5.62. The first-order valence-corrected chi connectivity index (χ1v) is 7.69. The molecule has 100 valence electrons. The largest absolute Gasteiger partial charge is 0.494 e. The lowest BCUT2D eigenvalue weighted by Crippen LogP contribution is -2.04. The van der Waals surface area contributed by atoms with Gasteiger partial charge in [0.2, 0.25) is 0 Å². The highest BCUT2D eigenvalue weighted by atomic mass is 79.9. The first-order valence-electron chi connectivity index (χ1n) is 6.11. The summed E-state index contributed by atoms with van der Waals surface area (Å²) >= 11 is 7.09. The molecule has 0 aliphatic rings. The van der Waals surface area contributed by atoms with Gasteiger partial charge in [-0.2, -0.15) is 0 Å². The molecule has 0 atom stereocenters. The third kappa shape index (κ3) is 3.74. The molecule has 2 nitrogen and oxygen atoms in total. The molecule has 0 bridgehead atoms. The Morgan fingerprint density at radius 3 is 2.37 bits per heavy atom. The second-order valence-electron chi connectivity index (χ2n) is 3.99. The molecule has 0 radical (unpaired) electrons. The van der Waals surface area contributed by atoms with Crippen molar-refractivity contribution in [1.29, 1.82) is 0 Å². The lowest BCUT2D eigenvalue weighted by molar-refractivity contribution is 0.337. The van der Waals surface area contributed by atoms with E-state index >= 15 is 0 Å². The van der Waals surface area contributed by atoms with Crippen molar-refractivity contribution in [3.63, 3.8) is 0 Å². The maximum absolute atomic E-state index is 5.62. The number of halogens is 2. The quantitative estimate of drug-likeness (QED) is 0.762. The molecule has 2 aromatic carbocycles. The minimum Gasteiger partial charge on any atom is -0.494 e. The number of benzene rings is 2. The maximum Gasteiger partial charge on any atom is 0.124 e. The molecular formula is C15H15Br2NO. The molecule has 0 fully saturated rings. The molecular weight excluding hydrogens is 370 g/mol. The number of rotatable bonds is 5. The molecule has 0 spiro atoms. The van der Waals surface area contributed by atoms with Gasteiger partial charge in [-0.05, 0) is 57.0 Å². The van der Waals surface area contributed by atoms with Gasteiger partial charge in [-0.25, -0.2) is 0 Å². The van der Waals surface area contributed by atoms with Crippen molar-refractivity contribution in [2.75, 3.05) is 11.9 Å². The third-order valence-corrected chi connectivity index (χ3v) is 4.01. The van der Waals surface area contributed by atoms with Gasteiger partial charge in [0.25, 0.3) is 0 Å². The van der Waals surface area contributed by atoms with E-state index in [-0.39, 0.29) is 0 Å². The van der Waals surface area contributed by atoms with Crippen molar-refractivity contribution in [3.8, 4) is 5.75 Å². The smallest absolute Gasteiger partial charge is 0.124 e. The van der Waals surface area contributed by atoms with E-state index in [4.69, 9.17) is 4.74 Å². The fraction of sp³-hybridized carbons (Fsp3) is 0.200. The number of anilines is 1. The summed E-state index contributed by atoms with van der Waals surface area (Å²) in [6, 6.07) is 14.1. The minimum atomic E-state index is 0.676. The van der Waals surface area contributed by atoms with Gasteiger partial charge < -0.3 is 10.1 Å². The summed E-state index contributed by atoms with van der Waals surface area (Å²) in [6.07, 6.45) is 0. The Kier molecular flexibility index (Phi) is 5.28. The van der Waals surface area contributed by atoms with Crippen LogP contribution >= 0.6 is 31.9 Å². The highest BCUT2D eigenvalue weighted by Gasteiger charge is 2.06. The van der Waals surface area contributed by atoms with Crippen LogP contribution in [0.1, 0.15) is 12.5 Å². The van der Waals surface area contributed by atoms with E-state index in [1.165, 1.54) is 0 Å². The molecule has 2 rings (SSSR count). The van der Waals surface area contributed by atoms with Gasteiger partial charge in [-0.3, -0.25) is 0 Å². The topological polar surface area (TPSA) is 21.3 Å². The number of hydrogen-bond acceptors (Lipinski definition) is 2. The van der Waals surface area contributed by atoms with Crippen LogP contribution in [0.2, 0.25) is 0 Å². The van der Waals surface area contributed by atoms with Gasteiger partial charge in [-0.15, -0.1) is 0 Å². The summed E-state index contributed by atoms with van der Waals surface area (Å²) in [5.74, 6) is 0.931. The van der Waals surface area contributed by atoms with Crippen LogP contribution in [0.5, 0.6) is 5.75 Å². The van der Waals surface area contributed by atoms with Crippen molar-refractivity contribution in [3.05, 3.63) is 57.0 Å². The van der Waals surface area contributed by atoms with Crippen LogP contribution < -0.4 is 10.1 Å². The molecule has 0 aromatic heterocycles. The first-order chi connectivity index (χ1) is 9.22. The summed E-state index contributed by atoms with van der Waals surface area (Å²) in [4.78, 5) is 0. The molecule has 2 aromatic rings. The zero-order chi connectivity index (χ0) is 13.7. The van der Waals surface area contributed by atoms with Gasteiger partial charge in [-0.1, -0.05) is 24.3 Å². The van der Waals surface area contributed by atoms with E-state index in [0.717, 1.165) is 32.5 Å². The van der Waals surface area contributed by atoms with Crippen LogP contribution in [0.25, 0.3) is 0 Å². The third-order valence-electron chi connectivity index (χ3n) is 2.69. The fourth-order valence-corrected chi connectivity index (χ4v) is 3.08. The van der Waals surface area contributed by atoms with Gasteiger partial charge in [0.1, 0.15) is 5.75 Å². The second-order valence-corrected chi connectivity index (χ2v) is 5.70. The fourth-order valence-electron chi connectivity index (χ4n) is 1.80. The average molecular weight is 385 g/mol. The molecule has 0 aliphatic heterocycles. The lowest BCUT2D eigenvalue weighted by atomic mass is 10.2.